The Morgan fingerprint density at radius 1 is 0.632 bits per heavy atom. The second-order valence-electron chi connectivity index (χ2n) is 6.42. The van der Waals surface area contributed by atoms with Gasteiger partial charge in [-0.1, -0.05) is 46.0 Å². The van der Waals surface area contributed by atoms with Crippen molar-refractivity contribution in [3.8, 4) is 0 Å². The summed E-state index contributed by atoms with van der Waals surface area (Å²) in [4.78, 5) is 0. The van der Waals surface area contributed by atoms with Crippen LogP contribution in [0, 0.1) is 0 Å². The van der Waals surface area contributed by atoms with Gasteiger partial charge >= 0.3 is 0 Å². The van der Waals surface area contributed by atoms with Crippen LogP contribution >= 0.6 is 0 Å². The van der Waals surface area contributed by atoms with Gasteiger partial charge in [-0.3, -0.25) is 0 Å². The number of hydrogen-bond acceptors (Lipinski definition) is 0. The van der Waals surface area contributed by atoms with Crippen LogP contribution in [0.25, 0.3) is 0 Å². The highest BCUT2D eigenvalue weighted by Gasteiger charge is 2.28. The topological polar surface area (TPSA) is 0 Å². The molecule has 0 saturated carbocycles. The lowest BCUT2D eigenvalue weighted by molar-refractivity contribution is -0.932. The molecule has 0 atom stereocenters. The van der Waals surface area contributed by atoms with E-state index in [0.29, 0.717) is 0 Å². The second kappa shape index (κ2) is 11.7. The Balaban J connectivity index is 0.00000324. The smallest absolute Gasteiger partial charge is 0.0786 e. The van der Waals surface area contributed by atoms with E-state index >= 15 is 0 Å². The fraction of sp³-hybridized carbons (Fsp3) is 1.00. The van der Waals surface area contributed by atoms with Gasteiger partial charge in [0.2, 0.25) is 0 Å². The maximum Gasteiger partial charge on any atom is 0.0786 e. The summed E-state index contributed by atoms with van der Waals surface area (Å²) in [6, 6.07) is 0. The molecular weight excluding hydrogens is 237 g/mol. The molecule has 0 unspecified atom stereocenters. The highest BCUT2D eigenvalue weighted by molar-refractivity contribution is 4.56. The predicted molar refractivity (Wildman–Crippen MR) is 81.9 cm³/mol. The van der Waals surface area contributed by atoms with Gasteiger partial charge in [0.1, 0.15) is 0 Å². The van der Waals surface area contributed by atoms with Crippen molar-refractivity contribution in [2.24, 2.45) is 0 Å². The molecule has 19 heavy (non-hydrogen) atoms. The first kappa shape index (κ1) is 18.9. The van der Waals surface area contributed by atoms with Gasteiger partial charge in [0, 0.05) is 0 Å². The Morgan fingerprint density at radius 2 is 1.16 bits per heavy atom. The molecule has 1 fully saturated rings. The van der Waals surface area contributed by atoms with Crippen LogP contribution in [0.5, 0.6) is 0 Å². The van der Waals surface area contributed by atoms with E-state index < -0.39 is 0 Å². The largest absolute Gasteiger partial charge is 1.00 e. The van der Waals surface area contributed by atoms with Gasteiger partial charge in [-0.15, -0.1) is 0 Å². The van der Waals surface area contributed by atoms with Gasteiger partial charge in [0.05, 0.1) is 26.2 Å². The van der Waals surface area contributed by atoms with E-state index in [4.69, 9.17) is 0 Å². The predicted octanol–water partition coefficient (Wildman–Crippen LogP) is 2.15. The van der Waals surface area contributed by atoms with E-state index in [9.17, 15) is 0 Å². The fourth-order valence-corrected chi connectivity index (χ4v) is 3.46. The summed E-state index contributed by atoms with van der Waals surface area (Å²) in [5, 5.41) is 0. The molecule has 2 heteroatoms. The molecule has 0 aromatic heterocycles. The molecule has 116 valence electrons. The van der Waals surface area contributed by atoms with Gasteiger partial charge < -0.3 is 9.19 Å². The van der Waals surface area contributed by atoms with Gasteiger partial charge in [0.25, 0.3) is 0 Å². The third-order valence-electron chi connectivity index (χ3n) is 4.74. The SMILES string of the molecule is CCCCCCCC[N+]1(CCCC)CCCCC1.[F-]. The molecule has 0 aromatic carbocycles. The summed E-state index contributed by atoms with van der Waals surface area (Å²) in [5.41, 5.74) is 0. The van der Waals surface area contributed by atoms with Crippen molar-refractivity contribution in [3.63, 3.8) is 0 Å². The van der Waals surface area contributed by atoms with Crippen molar-refractivity contribution in [2.45, 2.75) is 84.5 Å². The third kappa shape index (κ3) is 7.91. The molecule has 1 aliphatic heterocycles. The van der Waals surface area contributed by atoms with Crippen LogP contribution in [0.4, 0.5) is 0 Å². The Labute approximate surface area is 120 Å². The maximum atomic E-state index is 2.34. The highest BCUT2D eigenvalue weighted by Crippen LogP contribution is 2.21. The molecule has 1 saturated heterocycles. The van der Waals surface area contributed by atoms with Crippen molar-refractivity contribution in [2.75, 3.05) is 26.2 Å². The molecule has 0 aliphatic carbocycles. The van der Waals surface area contributed by atoms with Gasteiger partial charge in [-0.25, -0.2) is 0 Å². The Bertz CT molecular complexity index is 188. The standard InChI is InChI=1S/C17H36N.FH/c1-3-5-7-8-9-11-15-18(14-6-4-2)16-12-10-13-17-18;/h3-17H2,1-2H3;1H/q+1;/p-1. The zero-order valence-electron chi connectivity index (χ0n) is 13.4. The van der Waals surface area contributed by atoms with Crippen molar-refractivity contribution in [3.05, 3.63) is 0 Å². The van der Waals surface area contributed by atoms with Crippen LogP contribution in [0.2, 0.25) is 0 Å². The number of nitrogens with zero attached hydrogens (tertiary/aromatic N) is 1. The molecule has 0 bridgehead atoms. The first-order chi connectivity index (χ1) is 8.83. The minimum Gasteiger partial charge on any atom is -1.00 e. The molecule has 1 heterocycles. The molecule has 1 aliphatic rings. The maximum absolute atomic E-state index is 2.34. The van der Waals surface area contributed by atoms with Crippen LogP contribution < -0.4 is 4.70 Å². The minimum atomic E-state index is 0. The minimum absolute atomic E-state index is 0. The molecule has 0 N–H and O–H groups in total. The van der Waals surface area contributed by atoms with Crippen molar-refractivity contribution in [1.82, 2.24) is 0 Å². The molecular formula is C17H36FN. The Kier molecular flexibility index (Phi) is 11.6. The number of likely N-dealkylation sites (tertiary alicyclic amines) is 1. The monoisotopic (exact) mass is 273 g/mol. The van der Waals surface area contributed by atoms with E-state index in [1.807, 2.05) is 0 Å². The Hall–Kier alpha value is -0.110. The zero-order chi connectivity index (χ0) is 13.1. The molecule has 0 amide bonds. The summed E-state index contributed by atoms with van der Waals surface area (Å²) in [6.45, 7) is 10.5. The lowest BCUT2D eigenvalue weighted by Gasteiger charge is -2.42. The number of rotatable bonds is 10. The lowest BCUT2D eigenvalue weighted by Crippen LogP contribution is -3.00. The van der Waals surface area contributed by atoms with E-state index in [-0.39, 0.29) is 4.70 Å². The van der Waals surface area contributed by atoms with E-state index in [0.717, 1.165) is 0 Å². The first-order valence-electron chi connectivity index (χ1n) is 8.68. The summed E-state index contributed by atoms with van der Waals surface area (Å²) >= 11 is 0. The van der Waals surface area contributed by atoms with Crippen LogP contribution in [-0.2, 0) is 0 Å². The van der Waals surface area contributed by atoms with Gasteiger partial charge in [-0.2, -0.15) is 0 Å². The number of halogens is 1. The van der Waals surface area contributed by atoms with Crippen molar-refractivity contribution >= 4 is 0 Å². The van der Waals surface area contributed by atoms with Crippen LogP contribution in [0.3, 0.4) is 0 Å². The average Bonchev–Trinajstić information content (AvgIpc) is 2.42. The molecule has 1 nitrogen and oxygen atoms in total. The van der Waals surface area contributed by atoms with Crippen molar-refractivity contribution in [1.29, 1.82) is 0 Å². The summed E-state index contributed by atoms with van der Waals surface area (Å²) in [5.74, 6) is 0. The Morgan fingerprint density at radius 3 is 1.79 bits per heavy atom. The second-order valence-corrected chi connectivity index (χ2v) is 6.42. The number of quaternary nitrogens is 1. The van der Waals surface area contributed by atoms with Gasteiger partial charge in [-0.05, 0) is 38.5 Å². The summed E-state index contributed by atoms with van der Waals surface area (Å²) < 4.78 is 1.47. The number of hydrogen-bond donors (Lipinski definition) is 0. The quantitative estimate of drug-likeness (QED) is 0.423. The highest BCUT2D eigenvalue weighted by atomic mass is 19.0. The first-order valence-corrected chi connectivity index (χ1v) is 8.68. The van der Waals surface area contributed by atoms with Crippen LogP contribution in [0.15, 0.2) is 0 Å². The van der Waals surface area contributed by atoms with E-state index in [1.165, 1.54) is 101 Å². The van der Waals surface area contributed by atoms with Crippen LogP contribution in [-0.4, -0.2) is 30.7 Å². The molecule has 0 spiro atoms. The zero-order valence-corrected chi connectivity index (χ0v) is 13.4. The molecule has 0 radical (unpaired) electrons. The van der Waals surface area contributed by atoms with Crippen LogP contribution in [0.1, 0.15) is 84.5 Å². The van der Waals surface area contributed by atoms with E-state index in [1.54, 1.807) is 0 Å². The lowest BCUT2D eigenvalue weighted by atomic mass is 10.0. The van der Waals surface area contributed by atoms with Gasteiger partial charge in [0.15, 0.2) is 0 Å². The number of unbranched alkanes of at least 4 members (excludes halogenated alkanes) is 6. The summed E-state index contributed by atoms with van der Waals surface area (Å²) in [7, 11) is 0. The normalized spacial score (nSPS) is 18.0. The van der Waals surface area contributed by atoms with Crippen molar-refractivity contribution < 1.29 is 9.19 Å². The molecule has 0 aromatic rings. The average molecular weight is 273 g/mol. The molecule has 1 rings (SSSR count). The summed E-state index contributed by atoms with van der Waals surface area (Å²) in [6.07, 6.45) is 16.0. The number of piperidine rings is 1. The third-order valence-corrected chi connectivity index (χ3v) is 4.74. The fourth-order valence-electron chi connectivity index (χ4n) is 3.46. The van der Waals surface area contributed by atoms with E-state index in [2.05, 4.69) is 13.8 Å².